The van der Waals surface area contributed by atoms with Crippen molar-refractivity contribution in [2.45, 2.75) is 83.3 Å². The number of halogens is 2. The largest absolute Gasteiger partial charge is 0.352 e. The molecule has 1 N–H and O–H groups in total. The van der Waals surface area contributed by atoms with E-state index in [4.69, 9.17) is 23.2 Å². The van der Waals surface area contributed by atoms with Crippen LogP contribution in [0.2, 0.25) is 10.0 Å². The van der Waals surface area contributed by atoms with Gasteiger partial charge < -0.3 is 10.2 Å². The van der Waals surface area contributed by atoms with Crippen LogP contribution in [-0.2, 0) is 35.4 Å². The molecule has 4 rings (SSSR count). The zero-order valence-electron chi connectivity index (χ0n) is 22.7. The van der Waals surface area contributed by atoms with Gasteiger partial charge in [-0.3, -0.25) is 9.59 Å². The van der Waals surface area contributed by atoms with Crippen LogP contribution in [0.1, 0.15) is 67.7 Å². The average molecular weight is 566 g/mol. The highest BCUT2D eigenvalue weighted by atomic mass is 35.5. The number of amides is 2. The van der Waals surface area contributed by atoms with E-state index in [0.29, 0.717) is 29.3 Å². The number of benzene rings is 3. The number of nitrogens with one attached hydrogen (secondary N) is 1. The number of hydrogen-bond acceptors (Lipinski definition) is 2. The summed E-state index contributed by atoms with van der Waals surface area (Å²) in [4.78, 5) is 29.5. The summed E-state index contributed by atoms with van der Waals surface area (Å²) in [6, 6.07) is 23.1. The number of aryl methyl sites for hydroxylation is 2. The van der Waals surface area contributed by atoms with Gasteiger partial charge in [0.25, 0.3) is 0 Å². The SMILES string of the molecule is CCc1ccc(CCC(=O)N(Cc2ccc(Cl)cc2Cl)[C@H](Cc2ccccc2)C(=O)NC2CCCCC2)cc1. The lowest BCUT2D eigenvalue weighted by Crippen LogP contribution is -2.53. The van der Waals surface area contributed by atoms with E-state index in [1.54, 1.807) is 17.0 Å². The molecule has 0 aliphatic heterocycles. The fourth-order valence-corrected chi connectivity index (χ4v) is 5.74. The Labute approximate surface area is 242 Å². The number of nitrogens with zero attached hydrogens (tertiary/aromatic N) is 1. The molecule has 206 valence electrons. The lowest BCUT2D eigenvalue weighted by Gasteiger charge is -2.34. The first-order chi connectivity index (χ1) is 18.9. The molecule has 1 saturated carbocycles. The summed E-state index contributed by atoms with van der Waals surface area (Å²) in [7, 11) is 0. The minimum atomic E-state index is -0.656. The van der Waals surface area contributed by atoms with Crippen molar-refractivity contribution in [2.24, 2.45) is 0 Å². The molecule has 3 aromatic rings. The molecule has 0 spiro atoms. The van der Waals surface area contributed by atoms with Crippen molar-refractivity contribution in [1.82, 2.24) is 10.2 Å². The van der Waals surface area contributed by atoms with E-state index in [-0.39, 0.29) is 24.4 Å². The first-order valence-electron chi connectivity index (χ1n) is 14.1. The number of carbonyl (C=O) groups excluding carboxylic acids is 2. The van der Waals surface area contributed by atoms with E-state index < -0.39 is 6.04 Å². The Morgan fingerprint density at radius 3 is 2.26 bits per heavy atom. The van der Waals surface area contributed by atoms with Gasteiger partial charge in [-0.2, -0.15) is 0 Å². The quantitative estimate of drug-likeness (QED) is 0.261. The Morgan fingerprint density at radius 1 is 0.897 bits per heavy atom. The van der Waals surface area contributed by atoms with Crippen molar-refractivity contribution in [3.05, 3.63) is 105 Å². The van der Waals surface area contributed by atoms with E-state index in [2.05, 4.69) is 36.5 Å². The van der Waals surface area contributed by atoms with E-state index in [1.165, 1.54) is 12.0 Å². The summed E-state index contributed by atoms with van der Waals surface area (Å²) in [5.41, 5.74) is 4.16. The topological polar surface area (TPSA) is 49.4 Å². The summed E-state index contributed by atoms with van der Waals surface area (Å²) in [6.07, 6.45) is 7.73. The normalized spacial score (nSPS) is 14.5. The molecule has 2 amide bonds. The molecule has 4 nitrogen and oxygen atoms in total. The van der Waals surface area contributed by atoms with Gasteiger partial charge in [-0.15, -0.1) is 0 Å². The zero-order chi connectivity index (χ0) is 27.6. The molecule has 39 heavy (non-hydrogen) atoms. The molecule has 0 bridgehead atoms. The van der Waals surface area contributed by atoms with Crippen molar-refractivity contribution in [2.75, 3.05) is 0 Å². The summed E-state index contributed by atoms with van der Waals surface area (Å²) in [5, 5.41) is 4.31. The standard InChI is InChI=1S/C33H38Cl2N2O2/c1-2-24-13-15-25(16-14-24)17-20-32(38)37(23-27-18-19-28(34)22-30(27)35)31(21-26-9-5-3-6-10-26)33(39)36-29-11-7-4-8-12-29/h3,5-6,9-10,13-16,18-19,22,29,31H,2,4,7-8,11-12,17,20-21,23H2,1H3,(H,36,39)/t31-/m1/s1. The highest BCUT2D eigenvalue weighted by molar-refractivity contribution is 6.35. The third-order valence-electron chi connectivity index (χ3n) is 7.64. The van der Waals surface area contributed by atoms with Crippen LogP contribution in [0.4, 0.5) is 0 Å². The maximum absolute atomic E-state index is 13.9. The van der Waals surface area contributed by atoms with Crippen LogP contribution in [0.3, 0.4) is 0 Å². The summed E-state index contributed by atoms with van der Waals surface area (Å²) in [5.74, 6) is -0.170. The Balaban J connectivity index is 1.62. The predicted octanol–water partition coefficient (Wildman–Crippen LogP) is 7.58. The van der Waals surface area contributed by atoms with Crippen LogP contribution in [0, 0.1) is 0 Å². The van der Waals surface area contributed by atoms with Gasteiger partial charge in [-0.1, -0.05) is 110 Å². The van der Waals surface area contributed by atoms with Gasteiger partial charge in [-0.05, 0) is 60.1 Å². The van der Waals surface area contributed by atoms with Gasteiger partial charge >= 0.3 is 0 Å². The highest BCUT2D eigenvalue weighted by Gasteiger charge is 2.32. The van der Waals surface area contributed by atoms with Crippen LogP contribution >= 0.6 is 23.2 Å². The zero-order valence-corrected chi connectivity index (χ0v) is 24.2. The molecule has 1 aliphatic carbocycles. The molecule has 1 aliphatic rings. The second-order valence-corrected chi connectivity index (χ2v) is 11.3. The maximum Gasteiger partial charge on any atom is 0.243 e. The fraction of sp³-hybridized carbons (Fsp3) is 0.394. The third kappa shape index (κ3) is 8.58. The molecule has 0 radical (unpaired) electrons. The van der Waals surface area contributed by atoms with Crippen LogP contribution in [0.15, 0.2) is 72.8 Å². The first-order valence-corrected chi connectivity index (χ1v) is 14.8. The monoisotopic (exact) mass is 564 g/mol. The fourth-order valence-electron chi connectivity index (χ4n) is 5.27. The highest BCUT2D eigenvalue weighted by Crippen LogP contribution is 2.25. The van der Waals surface area contributed by atoms with Gasteiger partial charge in [0.15, 0.2) is 0 Å². The van der Waals surface area contributed by atoms with Crippen LogP contribution in [0.25, 0.3) is 0 Å². The molecule has 0 unspecified atom stereocenters. The van der Waals surface area contributed by atoms with E-state index >= 15 is 0 Å². The second-order valence-electron chi connectivity index (χ2n) is 10.5. The Hall–Kier alpha value is -2.82. The van der Waals surface area contributed by atoms with Crippen molar-refractivity contribution in [1.29, 1.82) is 0 Å². The smallest absolute Gasteiger partial charge is 0.243 e. The minimum Gasteiger partial charge on any atom is -0.352 e. The lowest BCUT2D eigenvalue weighted by molar-refractivity contribution is -0.141. The summed E-state index contributed by atoms with van der Waals surface area (Å²) in [6.45, 7) is 2.36. The number of carbonyl (C=O) groups is 2. The molecule has 6 heteroatoms. The maximum atomic E-state index is 13.9. The third-order valence-corrected chi connectivity index (χ3v) is 8.22. The number of hydrogen-bond donors (Lipinski definition) is 1. The van der Waals surface area contributed by atoms with Gasteiger partial charge in [-0.25, -0.2) is 0 Å². The van der Waals surface area contributed by atoms with Crippen molar-refractivity contribution in [3.8, 4) is 0 Å². The molecular weight excluding hydrogens is 527 g/mol. The Bertz CT molecular complexity index is 1220. The first kappa shape index (κ1) is 29.2. The molecule has 0 aromatic heterocycles. The van der Waals surface area contributed by atoms with Crippen LogP contribution < -0.4 is 5.32 Å². The predicted molar refractivity (Wildman–Crippen MR) is 160 cm³/mol. The van der Waals surface area contributed by atoms with Crippen molar-refractivity contribution < 1.29 is 9.59 Å². The molecule has 1 fully saturated rings. The van der Waals surface area contributed by atoms with E-state index in [1.807, 2.05) is 36.4 Å². The van der Waals surface area contributed by atoms with Crippen LogP contribution in [0.5, 0.6) is 0 Å². The van der Waals surface area contributed by atoms with E-state index in [0.717, 1.165) is 48.8 Å². The molecular formula is C33H38Cl2N2O2. The summed E-state index contributed by atoms with van der Waals surface area (Å²) < 4.78 is 0. The molecule has 0 saturated heterocycles. The Kier molecular flexibility index (Phi) is 10.9. The summed E-state index contributed by atoms with van der Waals surface area (Å²) >= 11 is 12.7. The average Bonchev–Trinajstić information content (AvgIpc) is 2.96. The van der Waals surface area contributed by atoms with Gasteiger partial charge in [0.1, 0.15) is 6.04 Å². The minimum absolute atomic E-state index is 0.0692. The number of rotatable bonds is 11. The lowest BCUT2D eigenvalue weighted by atomic mass is 9.94. The van der Waals surface area contributed by atoms with E-state index in [9.17, 15) is 9.59 Å². The van der Waals surface area contributed by atoms with Gasteiger partial charge in [0.05, 0.1) is 0 Å². The molecule has 3 aromatic carbocycles. The van der Waals surface area contributed by atoms with Crippen molar-refractivity contribution in [3.63, 3.8) is 0 Å². The molecule has 1 atom stereocenters. The van der Waals surface area contributed by atoms with Crippen molar-refractivity contribution >= 4 is 35.0 Å². The molecule has 0 heterocycles. The van der Waals surface area contributed by atoms with Gasteiger partial charge in [0, 0.05) is 35.5 Å². The Morgan fingerprint density at radius 2 is 1.59 bits per heavy atom. The van der Waals surface area contributed by atoms with Gasteiger partial charge in [0.2, 0.25) is 11.8 Å². The second kappa shape index (κ2) is 14.5. The van der Waals surface area contributed by atoms with Crippen LogP contribution in [-0.4, -0.2) is 28.8 Å².